The Morgan fingerprint density at radius 3 is 2.13 bits per heavy atom. The molecule has 5 nitrogen and oxygen atoms in total. The van der Waals surface area contributed by atoms with Crippen molar-refractivity contribution in [2.24, 2.45) is 11.8 Å². The second kappa shape index (κ2) is 9.37. The highest BCUT2D eigenvalue weighted by Crippen LogP contribution is 2.24. The Labute approximate surface area is 176 Å². The van der Waals surface area contributed by atoms with Crippen LogP contribution in [0.15, 0.2) is 84.9 Å². The first kappa shape index (κ1) is 19.9. The summed E-state index contributed by atoms with van der Waals surface area (Å²) in [5, 5.41) is 9.14. The van der Waals surface area contributed by atoms with Gasteiger partial charge >= 0.3 is 0 Å². The summed E-state index contributed by atoms with van der Waals surface area (Å²) in [5.74, 6) is -1.01. The third kappa shape index (κ3) is 4.75. The number of hydrogen-bond donors (Lipinski definition) is 3. The highest BCUT2D eigenvalue weighted by atomic mass is 16.2. The molecule has 1 fully saturated rings. The molecular formula is C25H25N3O2. The zero-order chi connectivity index (χ0) is 20.8. The van der Waals surface area contributed by atoms with Crippen LogP contribution in [0.3, 0.4) is 0 Å². The van der Waals surface area contributed by atoms with Gasteiger partial charge < -0.3 is 16.0 Å². The summed E-state index contributed by atoms with van der Waals surface area (Å²) in [7, 11) is 0. The van der Waals surface area contributed by atoms with Crippen LogP contribution in [0, 0.1) is 11.8 Å². The van der Waals surface area contributed by atoms with E-state index in [0.717, 1.165) is 22.4 Å². The molecule has 1 saturated heterocycles. The first-order chi connectivity index (χ1) is 14.7. The minimum Gasteiger partial charge on any atom is -0.352 e. The fourth-order valence-electron chi connectivity index (χ4n) is 3.79. The number of carbonyl (C=O) groups is 2. The molecule has 3 N–H and O–H groups in total. The molecule has 1 heterocycles. The van der Waals surface area contributed by atoms with Gasteiger partial charge in [-0.3, -0.25) is 9.59 Å². The summed E-state index contributed by atoms with van der Waals surface area (Å²) in [4.78, 5) is 25.6. The lowest BCUT2D eigenvalue weighted by Gasteiger charge is -2.18. The van der Waals surface area contributed by atoms with Crippen molar-refractivity contribution in [2.75, 3.05) is 18.4 Å². The lowest BCUT2D eigenvalue weighted by molar-refractivity contribution is -0.130. The highest BCUT2D eigenvalue weighted by Gasteiger charge is 2.37. The van der Waals surface area contributed by atoms with Gasteiger partial charge in [0, 0.05) is 25.3 Å². The van der Waals surface area contributed by atoms with Crippen LogP contribution in [0.2, 0.25) is 0 Å². The Kier molecular flexibility index (Phi) is 6.20. The maximum absolute atomic E-state index is 12.9. The molecule has 0 bridgehead atoms. The topological polar surface area (TPSA) is 70.2 Å². The van der Waals surface area contributed by atoms with Crippen molar-refractivity contribution >= 4 is 17.5 Å². The van der Waals surface area contributed by atoms with Crippen molar-refractivity contribution in [2.45, 2.75) is 6.54 Å². The van der Waals surface area contributed by atoms with Gasteiger partial charge in [0.15, 0.2) is 0 Å². The van der Waals surface area contributed by atoms with Gasteiger partial charge in [-0.05, 0) is 28.8 Å². The Morgan fingerprint density at radius 2 is 1.40 bits per heavy atom. The molecule has 0 spiro atoms. The number of rotatable bonds is 6. The van der Waals surface area contributed by atoms with Crippen molar-refractivity contribution in [1.82, 2.24) is 10.6 Å². The predicted octanol–water partition coefficient (Wildman–Crippen LogP) is 3.44. The van der Waals surface area contributed by atoms with Gasteiger partial charge in [-0.15, -0.1) is 0 Å². The lowest BCUT2D eigenvalue weighted by Crippen LogP contribution is -2.39. The summed E-state index contributed by atoms with van der Waals surface area (Å²) in [6.07, 6.45) is 0. The first-order valence-electron chi connectivity index (χ1n) is 10.2. The van der Waals surface area contributed by atoms with Gasteiger partial charge in [-0.1, -0.05) is 72.8 Å². The summed E-state index contributed by atoms with van der Waals surface area (Å²) < 4.78 is 0. The van der Waals surface area contributed by atoms with E-state index in [1.807, 2.05) is 84.9 Å². The predicted molar refractivity (Wildman–Crippen MR) is 119 cm³/mol. The number of nitrogens with one attached hydrogen (secondary N) is 3. The number of anilines is 1. The Bertz CT molecular complexity index is 1010. The maximum Gasteiger partial charge on any atom is 0.229 e. The van der Waals surface area contributed by atoms with Gasteiger partial charge in [0.2, 0.25) is 11.8 Å². The third-order valence-corrected chi connectivity index (χ3v) is 5.43. The molecule has 0 aromatic heterocycles. The van der Waals surface area contributed by atoms with Gasteiger partial charge in [-0.2, -0.15) is 0 Å². The molecule has 3 aromatic carbocycles. The number of benzene rings is 3. The second-order valence-electron chi connectivity index (χ2n) is 7.51. The molecule has 2 amide bonds. The minimum absolute atomic E-state index is 0.0953. The van der Waals surface area contributed by atoms with E-state index in [1.165, 1.54) is 0 Å². The molecule has 0 saturated carbocycles. The minimum atomic E-state index is -0.402. The average molecular weight is 399 g/mol. The average Bonchev–Trinajstić information content (AvgIpc) is 3.29. The third-order valence-electron chi connectivity index (χ3n) is 5.43. The smallest absolute Gasteiger partial charge is 0.229 e. The van der Waals surface area contributed by atoms with Crippen LogP contribution in [0.4, 0.5) is 5.69 Å². The molecule has 2 atom stereocenters. The summed E-state index contributed by atoms with van der Waals surface area (Å²) in [6, 6.07) is 27.6. The van der Waals surface area contributed by atoms with Crippen molar-refractivity contribution in [3.05, 3.63) is 90.5 Å². The van der Waals surface area contributed by atoms with E-state index >= 15 is 0 Å². The normalized spacial score (nSPS) is 18.0. The first-order valence-corrected chi connectivity index (χ1v) is 10.2. The SMILES string of the molecule is O=C(NCc1ccccc1)[C@@H]1CNC[C@H]1C(=O)Nc1cccc(-c2ccccc2)c1. The highest BCUT2D eigenvalue weighted by molar-refractivity contribution is 5.97. The van der Waals surface area contributed by atoms with Gasteiger partial charge in [0.05, 0.1) is 11.8 Å². The van der Waals surface area contributed by atoms with Crippen LogP contribution in [0.1, 0.15) is 5.56 Å². The Balaban J connectivity index is 1.39. The molecule has 152 valence electrons. The molecule has 4 rings (SSSR count). The van der Waals surface area contributed by atoms with Crippen molar-refractivity contribution in [1.29, 1.82) is 0 Å². The zero-order valence-corrected chi connectivity index (χ0v) is 16.7. The quantitative estimate of drug-likeness (QED) is 0.595. The zero-order valence-electron chi connectivity index (χ0n) is 16.7. The molecule has 0 aliphatic carbocycles. The molecule has 0 radical (unpaired) electrons. The monoisotopic (exact) mass is 399 g/mol. The number of amides is 2. The number of carbonyl (C=O) groups excluding carboxylic acids is 2. The summed E-state index contributed by atoms with van der Waals surface area (Å²) in [5.41, 5.74) is 3.90. The molecular weight excluding hydrogens is 374 g/mol. The van der Waals surface area contributed by atoms with Crippen molar-refractivity contribution in [3.8, 4) is 11.1 Å². The van der Waals surface area contributed by atoms with Gasteiger partial charge in [0.1, 0.15) is 0 Å². The fourth-order valence-corrected chi connectivity index (χ4v) is 3.79. The maximum atomic E-state index is 12.9. The summed E-state index contributed by atoms with van der Waals surface area (Å²) in [6.45, 7) is 1.46. The van der Waals surface area contributed by atoms with Gasteiger partial charge in [0.25, 0.3) is 0 Å². The van der Waals surface area contributed by atoms with Crippen molar-refractivity contribution in [3.63, 3.8) is 0 Å². The van der Waals surface area contributed by atoms with Crippen LogP contribution in [0.5, 0.6) is 0 Å². The van der Waals surface area contributed by atoms with Crippen LogP contribution >= 0.6 is 0 Å². The second-order valence-corrected chi connectivity index (χ2v) is 7.51. The Hall–Kier alpha value is -3.44. The van der Waals surface area contributed by atoms with E-state index < -0.39 is 5.92 Å². The molecule has 1 aliphatic rings. The molecule has 30 heavy (non-hydrogen) atoms. The van der Waals surface area contributed by atoms with Crippen LogP contribution in [-0.2, 0) is 16.1 Å². The lowest BCUT2D eigenvalue weighted by atomic mass is 9.94. The summed E-state index contributed by atoms with van der Waals surface area (Å²) >= 11 is 0. The van der Waals surface area contributed by atoms with E-state index in [0.29, 0.717) is 19.6 Å². The van der Waals surface area contributed by atoms with E-state index in [2.05, 4.69) is 16.0 Å². The van der Waals surface area contributed by atoms with Gasteiger partial charge in [-0.25, -0.2) is 0 Å². The van der Waals surface area contributed by atoms with E-state index in [9.17, 15) is 9.59 Å². The largest absolute Gasteiger partial charge is 0.352 e. The number of hydrogen-bond acceptors (Lipinski definition) is 3. The van der Waals surface area contributed by atoms with E-state index in [-0.39, 0.29) is 17.7 Å². The van der Waals surface area contributed by atoms with Crippen LogP contribution in [-0.4, -0.2) is 24.9 Å². The fraction of sp³-hybridized carbons (Fsp3) is 0.200. The van der Waals surface area contributed by atoms with Crippen LogP contribution < -0.4 is 16.0 Å². The Morgan fingerprint density at radius 1 is 0.767 bits per heavy atom. The molecule has 1 aliphatic heterocycles. The van der Waals surface area contributed by atoms with Crippen molar-refractivity contribution < 1.29 is 9.59 Å². The standard InChI is InChI=1S/C25H25N3O2/c29-24(27-15-18-8-3-1-4-9-18)22-16-26-17-23(22)25(30)28-21-13-7-12-20(14-21)19-10-5-2-6-11-19/h1-14,22-23,26H,15-17H2,(H,27,29)(H,28,30)/t22-,23-/m1/s1. The van der Waals surface area contributed by atoms with Crippen LogP contribution in [0.25, 0.3) is 11.1 Å². The van der Waals surface area contributed by atoms with E-state index in [4.69, 9.17) is 0 Å². The van der Waals surface area contributed by atoms with E-state index in [1.54, 1.807) is 0 Å². The molecule has 5 heteroatoms. The molecule has 0 unspecified atom stereocenters. The molecule has 3 aromatic rings.